The van der Waals surface area contributed by atoms with Gasteiger partial charge in [0.15, 0.2) is 0 Å². The van der Waals surface area contributed by atoms with Crippen molar-refractivity contribution in [3.63, 3.8) is 0 Å². The molecule has 0 amide bonds. The lowest BCUT2D eigenvalue weighted by Gasteiger charge is -2.30. The normalized spacial score (nSPS) is 19.7. The molecule has 3 unspecified atom stereocenters. The lowest BCUT2D eigenvalue weighted by molar-refractivity contribution is 0.671. The van der Waals surface area contributed by atoms with E-state index >= 15 is 0 Å². The minimum Gasteiger partial charge on any atom is -0.333 e. The van der Waals surface area contributed by atoms with Crippen molar-refractivity contribution >= 4 is 50.8 Å². The Balaban J connectivity index is 1.13. The Labute approximate surface area is 282 Å². The van der Waals surface area contributed by atoms with Crippen molar-refractivity contribution in [3.05, 3.63) is 179 Å². The van der Waals surface area contributed by atoms with Crippen LogP contribution in [0.15, 0.2) is 158 Å². The lowest BCUT2D eigenvalue weighted by Crippen LogP contribution is -2.39. The Bertz CT molecular complexity index is 2430. The summed E-state index contributed by atoms with van der Waals surface area (Å²) in [5.74, 6) is 0.813. The van der Waals surface area contributed by atoms with Crippen molar-refractivity contribution in [3.8, 4) is 5.69 Å². The van der Waals surface area contributed by atoms with E-state index in [1.165, 1.54) is 66.0 Å². The third-order valence-corrected chi connectivity index (χ3v) is 10.4. The summed E-state index contributed by atoms with van der Waals surface area (Å²) in [6.07, 6.45) is 22.9. The fourth-order valence-electron chi connectivity index (χ4n) is 8.11. The van der Waals surface area contributed by atoms with Gasteiger partial charge >= 0.3 is 0 Å². The highest BCUT2D eigenvalue weighted by molar-refractivity contribution is 5.99. The second-order valence-corrected chi connectivity index (χ2v) is 13.2. The first-order chi connectivity index (χ1) is 23.8. The number of hydrogen-bond donors (Lipinski definition) is 0. The zero-order valence-corrected chi connectivity index (χ0v) is 27.2. The summed E-state index contributed by atoms with van der Waals surface area (Å²) in [5.41, 5.74) is 8.98. The molecule has 1 aliphatic heterocycles. The van der Waals surface area contributed by atoms with Gasteiger partial charge in [-0.3, -0.25) is 0 Å². The van der Waals surface area contributed by atoms with Crippen LogP contribution in [0.25, 0.3) is 45.1 Å². The molecule has 0 N–H and O–H groups in total. The van der Waals surface area contributed by atoms with Gasteiger partial charge in [-0.15, -0.1) is 0 Å². The van der Waals surface area contributed by atoms with Crippen LogP contribution >= 0.6 is 0 Å². The highest BCUT2D eigenvalue weighted by Gasteiger charge is 2.39. The first-order valence-corrected chi connectivity index (χ1v) is 17.2. The number of nitrogens with zero attached hydrogens (tertiary/aromatic N) is 2. The third kappa shape index (κ3) is 4.71. The van der Waals surface area contributed by atoms with Gasteiger partial charge in [-0.2, -0.15) is 0 Å². The maximum atomic E-state index is 2.58. The van der Waals surface area contributed by atoms with Crippen LogP contribution < -0.4 is 15.5 Å². The molecule has 0 spiro atoms. The molecular weight excluding hydrogens is 581 g/mol. The molecule has 2 nitrogen and oxygen atoms in total. The predicted molar refractivity (Wildman–Crippen MR) is 204 cm³/mol. The molecule has 48 heavy (non-hydrogen) atoms. The van der Waals surface area contributed by atoms with E-state index in [2.05, 4.69) is 186 Å². The van der Waals surface area contributed by atoms with Crippen LogP contribution in [0.5, 0.6) is 0 Å². The van der Waals surface area contributed by atoms with Gasteiger partial charge in [-0.1, -0.05) is 134 Å². The summed E-state index contributed by atoms with van der Waals surface area (Å²) in [4.78, 5) is 2.58. The summed E-state index contributed by atoms with van der Waals surface area (Å²) in [6.45, 7) is 2.06. The van der Waals surface area contributed by atoms with Gasteiger partial charge in [0.25, 0.3) is 0 Å². The fraction of sp³-hybridized carbons (Fsp3) is 0.130. The molecule has 0 saturated heterocycles. The van der Waals surface area contributed by atoms with Gasteiger partial charge in [0, 0.05) is 39.0 Å². The summed E-state index contributed by atoms with van der Waals surface area (Å²) in [6, 6.07) is 42.7. The summed E-state index contributed by atoms with van der Waals surface area (Å²) < 4.78 is 2.47. The molecule has 1 aromatic heterocycles. The van der Waals surface area contributed by atoms with Crippen LogP contribution in [0.3, 0.4) is 0 Å². The number of allylic oxidation sites excluding steroid dienone is 8. The van der Waals surface area contributed by atoms with Crippen LogP contribution in [-0.2, 0) is 0 Å². The van der Waals surface area contributed by atoms with E-state index < -0.39 is 0 Å². The number of hydrogen-bond acceptors (Lipinski definition) is 1. The second kappa shape index (κ2) is 11.9. The summed E-state index contributed by atoms with van der Waals surface area (Å²) in [5, 5.41) is 6.46. The zero-order valence-electron chi connectivity index (χ0n) is 27.2. The average molecular weight is 619 g/mol. The van der Waals surface area contributed by atoms with Crippen molar-refractivity contribution in [2.75, 3.05) is 4.90 Å². The van der Waals surface area contributed by atoms with Gasteiger partial charge in [0.1, 0.15) is 0 Å². The molecule has 5 aromatic carbocycles. The molecule has 3 atom stereocenters. The molecule has 6 aromatic rings. The molecule has 2 aliphatic carbocycles. The van der Waals surface area contributed by atoms with Crippen molar-refractivity contribution in [1.29, 1.82) is 0 Å². The van der Waals surface area contributed by atoms with Crippen LogP contribution in [0.4, 0.5) is 11.4 Å². The molecule has 0 bridgehead atoms. The largest absolute Gasteiger partial charge is 0.333 e. The minimum absolute atomic E-state index is 0.190. The van der Waals surface area contributed by atoms with Crippen molar-refractivity contribution in [1.82, 2.24) is 4.57 Å². The minimum atomic E-state index is 0.190. The van der Waals surface area contributed by atoms with E-state index in [1.807, 2.05) is 0 Å². The van der Waals surface area contributed by atoms with E-state index in [0.717, 1.165) is 12.8 Å². The fourth-order valence-corrected chi connectivity index (χ4v) is 8.11. The highest BCUT2D eigenvalue weighted by atomic mass is 15.2. The molecule has 0 radical (unpaired) electrons. The third-order valence-electron chi connectivity index (χ3n) is 10.4. The quantitative estimate of drug-likeness (QED) is 0.169. The number of rotatable bonds is 6. The maximum Gasteiger partial charge on any atom is 0.0637 e. The van der Waals surface area contributed by atoms with E-state index in [9.17, 15) is 0 Å². The number of fused-ring (bicyclic) bond motifs is 7. The summed E-state index contributed by atoms with van der Waals surface area (Å²) >= 11 is 0. The molecule has 0 saturated carbocycles. The molecule has 2 heterocycles. The Hall–Kier alpha value is -5.60. The molecule has 3 aliphatic rings. The number of aromatic nitrogens is 1. The molecule has 232 valence electrons. The molecule has 0 fully saturated rings. The van der Waals surface area contributed by atoms with Gasteiger partial charge in [-0.05, 0) is 84.2 Å². The van der Waals surface area contributed by atoms with Crippen LogP contribution in [0, 0.1) is 5.92 Å². The van der Waals surface area contributed by atoms with E-state index in [-0.39, 0.29) is 12.0 Å². The monoisotopic (exact) mass is 618 g/mol. The molecular formula is C46H38N2. The summed E-state index contributed by atoms with van der Waals surface area (Å²) in [7, 11) is 0. The number of anilines is 2. The van der Waals surface area contributed by atoms with Crippen LogP contribution in [0.1, 0.15) is 36.8 Å². The predicted octanol–water partition coefficient (Wildman–Crippen LogP) is 10.1. The Morgan fingerprint density at radius 3 is 2.35 bits per heavy atom. The van der Waals surface area contributed by atoms with Crippen LogP contribution in [0.2, 0.25) is 0 Å². The van der Waals surface area contributed by atoms with E-state index in [1.54, 1.807) is 0 Å². The van der Waals surface area contributed by atoms with Gasteiger partial charge in [-0.25, -0.2) is 0 Å². The van der Waals surface area contributed by atoms with Gasteiger partial charge < -0.3 is 9.47 Å². The van der Waals surface area contributed by atoms with Crippen molar-refractivity contribution in [2.24, 2.45) is 5.92 Å². The van der Waals surface area contributed by atoms with Gasteiger partial charge in [0.05, 0.1) is 16.9 Å². The number of para-hydroxylation sites is 2. The first-order valence-electron chi connectivity index (χ1n) is 17.2. The first kappa shape index (κ1) is 28.6. The molecule has 9 rings (SSSR count). The Morgan fingerprint density at radius 1 is 0.729 bits per heavy atom. The average Bonchev–Trinajstić information content (AvgIpc) is 3.64. The van der Waals surface area contributed by atoms with Crippen molar-refractivity contribution < 1.29 is 0 Å². The molecule has 2 heteroatoms. The highest BCUT2D eigenvalue weighted by Crippen LogP contribution is 2.48. The van der Waals surface area contributed by atoms with Crippen LogP contribution in [-0.4, -0.2) is 10.6 Å². The Morgan fingerprint density at radius 2 is 1.50 bits per heavy atom. The zero-order chi connectivity index (χ0) is 32.0. The lowest BCUT2D eigenvalue weighted by atomic mass is 9.90. The van der Waals surface area contributed by atoms with Gasteiger partial charge in [0.2, 0.25) is 0 Å². The maximum absolute atomic E-state index is 2.58. The standard InChI is InChI=1S/C46H38N2/c1-2-3-4-5-13-32-22-24-33(25-23-32)34-26-28-36(29-27-34)47-43-19-10-8-17-38(43)40-31-46-41(30-45(40)47)39-18-9-11-20-44(39)48(46)42-21-12-15-35-14-6-7-16-37(35)42/h2-12,14-22,24-32,41,46H,13,23H2,1H3/b3-2-,5-4-. The van der Waals surface area contributed by atoms with Crippen molar-refractivity contribution in [2.45, 2.75) is 31.7 Å². The van der Waals surface area contributed by atoms with E-state index in [0.29, 0.717) is 5.92 Å². The second-order valence-electron chi connectivity index (χ2n) is 13.2. The number of benzene rings is 5. The smallest absolute Gasteiger partial charge is 0.0637 e. The SMILES string of the molecule is C/C=C\C=C/CC1C=CC(c2ccc(-n3c4c(c5ccccc53)=CC3C(C=4)c4ccccc4N3c3cccc4ccccc34)cc2)=CC1. The topological polar surface area (TPSA) is 8.17 Å². The Kier molecular flexibility index (Phi) is 7.08. The van der Waals surface area contributed by atoms with E-state index in [4.69, 9.17) is 0 Å².